The summed E-state index contributed by atoms with van der Waals surface area (Å²) in [6.45, 7) is 14.9. The summed E-state index contributed by atoms with van der Waals surface area (Å²) in [5.74, 6) is 0. The third-order valence-corrected chi connectivity index (χ3v) is 9.63. The average molecular weight is 611 g/mol. The van der Waals surface area contributed by atoms with E-state index in [0.717, 1.165) is 0 Å². The molecular weight excluding hydrogens is 530 g/mol. The largest absolute Gasteiger partial charge is 1.00 e. The van der Waals surface area contributed by atoms with Gasteiger partial charge in [0.15, 0.2) is 0 Å². The fourth-order valence-electron chi connectivity index (χ4n) is 6.36. The van der Waals surface area contributed by atoms with E-state index in [4.69, 9.17) is 0 Å². The molecule has 0 aliphatic carbocycles. The van der Waals surface area contributed by atoms with Crippen LogP contribution in [0.2, 0.25) is 0 Å². The highest BCUT2D eigenvalue weighted by molar-refractivity contribution is 4.82. The molecule has 0 unspecified atom stereocenters. The molecule has 0 saturated heterocycles. The van der Waals surface area contributed by atoms with Gasteiger partial charge in [-0.2, -0.15) is 0 Å². The first-order valence-corrected chi connectivity index (χ1v) is 19.4. The minimum Gasteiger partial charge on any atom is -1.00 e. The predicted molar refractivity (Wildman–Crippen MR) is 190 cm³/mol. The van der Waals surface area contributed by atoms with Gasteiger partial charge in [-0.1, -0.05) is 141 Å². The van der Waals surface area contributed by atoms with Crippen molar-refractivity contribution < 1.29 is 16.9 Å². The topological polar surface area (TPSA) is 0 Å². The Morgan fingerprint density at radius 2 is 0.548 bits per heavy atom. The molecule has 0 bridgehead atoms. The lowest BCUT2D eigenvalue weighted by Gasteiger charge is -2.37. The van der Waals surface area contributed by atoms with Crippen LogP contribution in [0.4, 0.5) is 0 Å². The first-order chi connectivity index (χ1) is 20.2. The minimum atomic E-state index is 0. The number of hydrogen-bond donors (Lipinski definition) is 0. The van der Waals surface area contributed by atoms with Crippen LogP contribution in [0.25, 0.3) is 0 Å². The molecule has 1 nitrogen and oxygen atoms in total. The van der Waals surface area contributed by atoms with Crippen molar-refractivity contribution in [3.05, 3.63) is 24.3 Å². The highest BCUT2D eigenvalue weighted by Crippen LogP contribution is 2.16. The molecule has 0 saturated carbocycles. The highest BCUT2D eigenvalue weighted by Gasteiger charge is 2.21. The van der Waals surface area contributed by atoms with Crippen molar-refractivity contribution in [2.45, 2.75) is 207 Å². The third kappa shape index (κ3) is 31.2. The van der Waals surface area contributed by atoms with Gasteiger partial charge in [-0.25, -0.2) is 0 Å². The molecule has 0 aromatic heterocycles. The van der Waals surface area contributed by atoms with E-state index in [9.17, 15) is 0 Å². The molecule has 42 heavy (non-hydrogen) atoms. The second-order valence-electron chi connectivity index (χ2n) is 13.3. The van der Waals surface area contributed by atoms with Gasteiger partial charge in [-0.3, -0.25) is 0 Å². The van der Waals surface area contributed by atoms with E-state index in [1.54, 1.807) is 0 Å². The van der Waals surface area contributed by atoms with Crippen LogP contribution in [0.3, 0.4) is 0 Å². The van der Waals surface area contributed by atoms with Gasteiger partial charge in [0.1, 0.15) is 0 Å². The Kier molecular flexibility index (Phi) is 38.6. The fraction of sp³-hybridized carbons (Fsp3) is 0.900. The highest BCUT2D eigenvalue weighted by atomic mass is 35.5. The molecule has 0 rings (SSSR count). The zero-order valence-corrected chi connectivity index (χ0v) is 30.5. The van der Waals surface area contributed by atoms with E-state index >= 15 is 0 Å². The molecule has 0 N–H and O–H groups in total. The Morgan fingerprint density at radius 3 is 0.810 bits per heavy atom. The van der Waals surface area contributed by atoms with Gasteiger partial charge in [0, 0.05) is 0 Å². The summed E-state index contributed by atoms with van der Waals surface area (Å²) in [6, 6.07) is 0. The molecule has 2 heteroatoms. The van der Waals surface area contributed by atoms with Crippen LogP contribution in [-0.4, -0.2) is 30.7 Å². The number of unbranched alkanes of at least 4 members (excludes halogenated alkanes) is 24. The summed E-state index contributed by atoms with van der Waals surface area (Å²) in [5, 5.41) is 0. The van der Waals surface area contributed by atoms with Gasteiger partial charge in [0.05, 0.1) is 26.2 Å². The molecular formula is C40H80ClN. The van der Waals surface area contributed by atoms with E-state index in [1.165, 1.54) is 210 Å². The molecule has 0 aromatic carbocycles. The van der Waals surface area contributed by atoms with E-state index in [1.807, 2.05) is 0 Å². The molecule has 0 aliphatic rings. The van der Waals surface area contributed by atoms with Crippen molar-refractivity contribution in [1.82, 2.24) is 0 Å². The first-order valence-electron chi connectivity index (χ1n) is 19.4. The number of nitrogens with zero attached hydrogens (tertiary/aromatic N) is 1. The van der Waals surface area contributed by atoms with E-state index in [2.05, 4.69) is 52.0 Å². The van der Waals surface area contributed by atoms with Gasteiger partial charge >= 0.3 is 0 Å². The Balaban J connectivity index is 0. The summed E-state index contributed by atoms with van der Waals surface area (Å²) in [4.78, 5) is 0. The standard InChI is InChI=1S/C40H80N.ClH/c1-5-9-11-13-15-17-19-21-23-25-27-29-31-33-35-37-39-41(7-3,8-4)40-38-36-34-32-30-28-26-24-22-20-18-16-14-12-10-6-2;/h21-24H,5-20,25-40H2,1-4H3;1H/q+1;/p-1. The number of quaternary nitrogens is 1. The summed E-state index contributed by atoms with van der Waals surface area (Å²) in [5.41, 5.74) is 0. The van der Waals surface area contributed by atoms with Gasteiger partial charge in [-0.15, -0.1) is 0 Å². The third-order valence-electron chi connectivity index (χ3n) is 9.63. The van der Waals surface area contributed by atoms with Crippen LogP contribution in [0.1, 0.15) is 207 Å². The van der Waals surface area contributed by atoms with Gasteiger partial charge in [-0.05, 0) is 90.9 Å². The molecule has 0 atom stereocenters. The SMILES string of the molecule is CCCCCCCCC=CCCCCCCCC[N+](CC)(CC)CCCCCCCCC=CCCCCCCCC.[Cl-]. The van der Waals surface area contributed by atoms with Crippen LogP contribution in [0.5, 0.6) is 0 Å². The molecule has 252 valence electrons. The molecule has 0 aliphatic heterocycles. The summed E-state index contributed by atoms with van der Waals surface area (Å²) in [6.07, 6.45) is 49.2. The zero-order valence-electron chi connectivity index (χ0n) is 29.8. The summed E-state index contributed by atoms with van der Waals surface area (Å²) in [7, 11) is 0. The maximum Gasteiger partial charge on any atom is 0.0786 e. The quantitative estimate of drug-likeness (QED) is 0.0386. The first kappa shape index (κ1) is 43.9. The van der Waals surface area contributed by atoms with Gasteiger partial charge in [0.2, 0.25) is 0 Å². The minimum absolute atomic E-state index is 0. The van der Waals surface area contributed by atoms with Crippen LogP contribution >= 0.6 is 0 Å². The van der Waals surface area contributed by atoms with E-state index in [-0.39, 0.29) is 12.4 Å². The number of halogens is 1. The Hall–Kier alpha value is -0.270. The van der Waals surface area contributed by atoms with E-state index < -0.39 is 0 Å². The second-order valence-corrected chi connectivity index (χ2v) is 13.3. The molecule has 0 fully saturated rings. The zero-order chi connectivity index (χ0) is 30.0. The van der Waals surface area contributed by atoms with Crippen molar-refractivity contribution in [2.75, 3.05) is 26.2 Å². The summed E-state index contributed by atoms with van der Waals surface area (Å²) < 4.78 is 1.37. The molecule has 0 radical (unpaired) electrons. The van der Waals surface area contributed by atoms with Crippen LogP contribution in [0.15, 0.2) is 24.3 Å². The van der Waals surface area contributed by atoms with Crippen molar-refractivity contribution >= 4 is 0 Å². The smallest absolute Gasteiger partial charge is 0.0786 e. The van der Waals surface area contributed by atoms with Crippen molar-refractivity contribution in [3.8, 4) is 0 Å². The number of hydrogen-bond acceptors (Lipinski definition) is 0. The van der Waals surface area contributed by atoms with E-state index in [0.29, 0.717) is 0 Å². The van der Waals surface area contributed by atoms with Gasteiger partial charge < -0.3 is 16.9 Å². The molecule has 0 spiro atoms. The Morgan fingerprint density at radius 1 is 0.310 bits per heavy atom. The number of allylic oxidation sites excluding steroid dienone is 4. The average Bonchev–Trinajstić information content (AvgIpc) is 2.99. The normalized spacial score (nSPS) is 12.1. The van der Waals surface area contributed by atoms with Crippen molar-refractivity contribution in [1.29, 1.82) is 0 Å². The summed E-state index contributed by atoms with van der Waals surface area (Å²) >= 11 is 0. The van der Waals surface area contributed by atoms with Crippen LogP contribution < -0.4 is 12.4 Å². The Labute approximate surface area is 274 Å². The lowest BCUT2D eigenvalue weighted by molar-refractivity contribution is -0.925. The molecule has 0 aromatic rings. The maximum atomic E-state index is 2.45. The van der Waals surface area contributed by atoms with Crippen molar-refractivity contribution in [2.24, 2.45) is 0 Å². The van der Waals surface area contributed by atoms with Crippen molar-refractivity contribution in [3.63, 3.8) is 0 Å². The lowest BCUT2D eigenvalue weighted by Crippen LogP contribution is -3.00. The second kappa shape index (κ2) is 36.9. The Bertz CT molecular complexity index is 492. The monoisotopic (exact) mass is 610 g/mol. The lowest BCUT2D eigenvalue weighted by atomic mass is 10.1. The predicted octanol–water partition coefficient (Wildman–Crippen LogP) is 10.9. The molecule has 0 amide bonds. The number of rotatable bonds is 34. The van der Waals surface area contributed by atoms with Crippen LogP contribution in [0, 0.1) is 0 Å². The molecule has 0 heterocycles. The maximum absolute atomic E-state index is 2.45. The van der Waals surface area contributed by atoms with Gasteiger partial charge in [0.25, 0.3) is 0 Å². The van der Waals surface area contributed by atoms with Crippen LogP contribution in [-0.2, 0) is 0 Å². The fourth-order valence-corrected chi connectivity index (χ4v) is 6.36.